The first-order valence-corrected chi connectivity index (χ1v) is 19.0. The normalized spacial score (nSPS) is 13.3. The van der Waals surface area contributed by atoms with Crippen molar-refractivity contribution in [3.05, 3.63) is 0 Å². The fraction of sp³-hybridized carbons (Fsp3) is 0.714. The molecule has 0 aromatic heterocycles. The maximum Gasteiger partial charge on any atom is 0.326 e. The maximum absolute atomic E-state index is 12.7. The molecule has 7 amide bonds. The van der Waals surface area contributed by atoms with Gasteiger partial charge in [0.05, 0.1) is 39.5 Å². The molecule has 0 rings (SSSR count). The van der Waals surface area contributed by atoms with Crippen molar-refractivity contribution in [1.82, 2.24) is 37.2 Å². The van der Waals surface area contributed by atoms with Crippen molar-refractivity contribution in [3.63, 3.8) is 0 Å². The minimum atomic E-state index is -1.71. The molecular formula is C35H59N7O16. The van der Waals surface area contributed by atoms with Crippen LogP contribution in [0.25, 0.3) is 0 Å². The number of hydrogen-bond acceptors (Lipinski definition) is 14. The van der Waals surface area contributed by atoms with Crippen molar-refractivity contribution in [1.29, 1.82) is 0 Å². The van der Waals surface area contributed by atoms with E-state index >= 15 is 0 Å². The van der Waals surface area contributed by atoms with Crippen LogP contribution in [-0.2, 0) is 47.9 Å². The molecule has 0 aliphatic heterocycles. The monoisotopic (exact) mass is 833 g/mol. The molecule has 58 heavy (non-hydrogen) atoms. The summed E-state index contributed by atoms with van der Waals surface area (Å²) < 4.78 is 0. The van der Waals surface area contributed by atoms with Crippen LogP contribution in [0.4, 0.5) is 0 Å². The average Bonchev–Trinajstić information content (AvgIpc) is 3.19. The van der Waals surface area contributed by atoms with Crippen molar-refractivity contribution in [2.24, 2.45) is 0 Å². The molecule has 23 heteroatoms. The van der Waals surface area contributed by atoms with Gasteiger partial charge in [-0.1, -0.05) is 51.4 Å². The van der Waals surface area contributed by atoms with Crippen LogP contribution in [0.5, 0.6) is 0 Å². The van der Waals surface area contributed by atoms with E-state index in [4.69, 9.17) is 5.11 Å². The maximum atomic E-state index is 12.7. The number of aliphatic carboxylic acids is 2. The van der Waals surface area contributed by atoms with Crippen LogP contribution >= 0.6 is 0 Å². The van der Waals surface area contributed by atoms with Gasteiger partial charge < -0.3 is 72.7 Å². The Morgan fingerprint density at radius 1 is 0.431 bits per heavy atom. The van der Waals surface area contributed by atoms with Crippen molar-refractivity contribution in [2.45, 2.75) is 120 Å². The zero-order chi connectivity index (χ0) is 43.9. The fourth-order valence-corrected chi connectivity index (χ4v) is 5.16. The van der Waals surface area contributed by atoms with E-state index in [2.05, 4.69) is 37.2 Å². The molecule has 0 radical (unpaired) electrons. The van der Waals surface area contributed by atoms with Gasteiger partial charge in [-0.25, -0.2) is 4.79 Å². The number of carboxylic acids is 2. The molecule has 0 unspecified atom stereocenters. The van der Waals surface area contributed by atoms with Crippen molar-refractivity contribution < 1.29 is 78.6 Å². The number of carbonyl (C=O) groups excluding carboxylic acids is 8. The molecule has 23 nitrogen and oxygen atoms in total. The second-order valence-corrected chi connectivity index (χ2v) is 13.1. The van der Waals surface area contributed by atoms with Crippen LogP contribution in [-0.4, -0.2) is 160 Å². The third kappa shape index (κ3) is 24.4. The van der Waals surface area contributed by atoms with Crippen LogP contribution in [0.3, 0.4) is 0 Å². The largest absolute Gasteiger partial charge is 0.481 e. The Morgan fingerprint density at radius 3 is 1.24 bits per heavy atom. The van der Waals surface area contributed by atoms with Crippen molar-refractivity contribution in [2.75, 3.05) is 39.5 Å². The summed E-state index contributed by atoms with van der Waals surface area (Å²) in [7, 11) is 0. The van der Waals surface area contributed by atoms with Gasteiger partial charge in [-0.05, 0) is 19.3 Å². The lowest BCUT2D eigenvalue weighted by atomic mass is 10.0. The minimum absolute atomic E-state index is 0.0784. The van der Waals surface area contributed by atoms with Crippen LogP contribution in [0, 0.1) is 0 Å². The van der Waals surface area contributed by atoms with Crippen molar-refractivity contribution >= 4 is 59.6 Å². The Kier molecular flexibility index (Phi) is 28.9. The molecule has 0 saturated heterocycles. The van der Waals surface area contributed by atoms with E-state index in [1.165, 1.54) is 0 Å². The predicted octanol–water partition coefficient (Wildman–Crippen LogP) is -4.56. The number of aldehydes is 1. The van der Waals surface area contributed by atoms with Gasteiger partial charge in [-0.3, -0.25) is 38.4 Å². The lowest BCUT2D eigenvalue weighted by Gasteiger charge is -2.22. The summed E-state index contributed by atoms with van der Waals surface area (Å²) >= 11 is 0. The predicted molar refractivity (Wildman–Crippen MR) is 200 cm³/mol. The summed E-state index contributed by atoms with van der Waals surface area (Å²) in [5, 5.41) is 71.2. The van der Waals surface area contributed by atoms with Gasteiger partial charge in [0.1, 0.15) is 36.5 Å². The van der Waals surface area contributed by atoms with E-state index in [0.29, 0.717) is 19.1 Å². The van der Waals surface area contributed by atoms with E-state index in [1.54, 1.807) is 0 Å². The topological polar surface area (TPSA) is 376 Å². The van der Waals surface area contributed by atoms with Crippen LogP contribution in [0.2, 0.25) is 0 Å². The fourth-order valence-electron chi connectivity index (χ4n) is 5.16. The first-order valence-electron chi connectivity index (χ1n) is 19.0. The molecule has 0 bridgehead atoms. The van der Waals surface area contributed by atoms with Gasteiger partial charge >= 0.3 is 11.9 Å². The standard InChI is InChI=1S/C35H59N7O16/c43-16-15-36-31(53)23(18-44)41-34(56)26(21-47)40-29(50)17-37-32(54)24(19-45)42-33(55)25(20-46)39-28(49)14-13-22(35(57)58)38-27(48)11-9-7-5-3-1-2-4-6-8-10-12-30(51)52/h16,22-26,44-47H,1-15,17-21H2,(H,36,53)(H,37,54)(H,38,48)(H,39,49)(H,40,50)(H,41,56)(H,42,55)(H,51,52)(H,57,58)/t22-,23-,24-,25-,26-/m0/s1. The average molecular weight is 834 g/mol. The second kappa shape index (κ2) is 31.8. The zero-order valence-corrected chi connectivity index (χ0v) is 32.4. The lowest BCUT2D eigenvalue weighted by molar-refractivity contribution is -0.142. The van der Waals surface area contributed by atoms with Crippen molar-refractivity contribution in [3.8, 4) is 0 Å². The van der Waals surface area contributed by atoms with Gasteiger partial charge in [0.25, 0.3) is 0 Å². The number of unbranched alkanes of at least 4 members (excludes halogenated alkanes) is 9. The second-order valence-electron chi connectivity index (χ2n) is 13.1. The van der Waals surface area contributed by atoms with Gasteiger partial charge in [0.15, 0.2) is 0 Å². The summed E-state index contributed by atoms with van der Waals surface area (Å²) in [4.78, 5) is 119. The molecule has 0 spiro atoms. The van der Waals surface area contributed by atoms with Gasteiger partial charge in [0, 0.05) is 19.3 Å². The summed E-state index contributed by atoms with van der Waals surface area (Å²) in [6, 6.07) is -7.97. The quantitative estimate of drug-likeness (QED) is 0.0214. The number of aliphatic hydroxyl groups excluding tert-OH is 4. The molecule has 0 aliphatic carbocycles. The highest BCUT2D eigenvalue weighted by Gasteiger charge is 2.29. The number of aliphatic hydroxyl groups is 4. The lowest BCUT2D eigenvalue weighted by Crippen LogP contribution is -2.58. The molecule has 0 heterocycles. The highest BCUT2D eigenvalue weighted by Crippen LogP contribution is 2.12. The summed E-state index contributed by atoms with van der Waals surface area (Å²) in [6.45, 7) is -5.10. The number of carbonyl (C=O) groups is 10. The number of carboxylic acid groups (broad SMARTS) is 2. The van der Waals surface area contributed by atoms with Gasteiger partial charge in [-0.15, -0.1) is 0 Å². The Bertz CT molecular complexity index is 1350. The van der Waals surface area contributed by atoms with E-state index in [1.807, 2.05) is 0 Å². The number of rotatable bonds is 34. The molecule has 5 atom stereocenters. The molecule has 0 aromatic rings. The molecule has 0 aromatic carbocycles. The molecule has 13 N–H and O–H groups in total. The van der Waals surface area contributed by atoms with Gasteiger partial charge in [-0.2, -0.15) is 0 Å². The number of nitrogens with one attached hydrogen (secondary N) is 7. The van der Waals surface area contributed by atoms with E-state index < -0.39 is 129 Å². The van der Waals surface area contributed by atoms with Gasteiger partial charge in [0.2, 0.25) is 41.4 Å². The SMILES string of the molecule is O=CCNC(=O)[C@H](CO)NC(=O)[C@H](CO)NC(=O)CNC(=O)[C@H](CO)NC(=O)[C@H](CO)NC(=O)CC[C@H](NC(=O)CCCCCCCCCCCCC(=O)O)C(=O)O. The molecule has 0 saturated carbocycles. The van der Waals surface area contributed by atoms with Crippen LogP contribution in [0.1, 0.15) is 89.9 Å². The number of hydrogen-bond donors (Lipinski definition) is 13. The molecule has 0 fully saturated rings. The van der Waals surface area contributed by atoms with Crippen LogP contribution in [0.15, 0.2) is 0 Å². The summed E-state index contributed by atoms with van der Waals surface area (Å²) in [5.74, 6) is -8.92. The molecular weight excluding hydrogens is 774 g/mol. The first kappa shape index (κ1) is 52.7. The van der Waals surface area contributed by atoms with E-state index in [9.17, 15) is 73.5 Å². The Labute approximate surface area is 334 Å². The van der Waals surface area contributed by atoms with E-state index in [0.717, 1.165) is 51.4 Å². The molecule has 330 valence electrons. The summed E-state index contributed by atoms with van der Waals surface area (Å²) in [6.07, 6.45) is 8.59. The Hall–Kier alpha value is -5.26. The first-order chi connectivity index (χ1) is 27.6. The smallest absolute Gasteiger partial charge is 0.326 e. The highest BCUT2D eigenvalue weighted by molar-refractivity contribution is 5.95. The number of amides is 7. The van der Waals surface area contributed by atoms with E-state index in [-0.39, 0.29) is 19.3 Å². The summed E-state index contributed by atoms with van der Waals surface area (Å²) in [5.41, 5.74) is 0. The third-order valence-corrected chi connectivity index (χ3v) is 8.42. The molecule has 0 aliphatic rings. The van der Waals surface area contributed by atoms with Crippen LogP contribution < -0.4 is 37.2 Å². The minimum Gasteiger partial charge on any atom is -0.481 e. The third-order valence-electron chi connectivity index (χ3n) is 8.42. The Morgan fingerprint density at radius 2 is 0.810 bits per heavy atom. The highest BCUT2D eigenvalue weighted by atomic mass is 16.4. The zero-order valence-electron chi connectivity index (χ0n) is 32.4. The Balaban J connectivity index is 4.72.